The smallest absolute Gasteiger partial charge is 0.166 e. The molecule has 0 amide bonds. The number of rotatable bonds is 10. The Morgan fingerprint density at radius 2 is 1.86 bits per heavy atom. The van der Waals surface area contributed by atoms with Gasteiger partial charge in [-0.3, -0.25) is 9.48 Å². The molecule has 0 saturated carbocycles. The van der Waals surface area contributed by atoms with Crippen LogP contribution >= 0.6 is 0 Å². The lowest BCUT2D eigenvalue weighted by Crippen LogP contribution is -2.14. The third-order valence-electron chi connectivity index (χ3n) is 4.37. The lowest BCUT2D eigenvalue weighted by molar-refractivity contribution is 0.0986. The quantitative estimate of drug-likeness (QED) is 0.580. The molecule has 0 aliphatic carbocycles. The topological polar surface area (TPSA) is 34.9 Å². The van der Waals surface area contributed by atoms with E-state index in [1.807, 2.05) is 6.92 Å². The van der Waals surface area contributed by atoms with E-state index in [1.54, 1.807) is 0 Å². The van der Waals surface area contributed by atoms with Gasteiger partial charge in [-0.15, -0.1) is 0 Å². The molecule has 0 aliphatic rings. The molecule has 0 spiro atoms. The van der Waals surface area contributed by atoms with Crippen LogP contribution in [0, 0.1) is 5.92 Å². The number of unbranched alkanes of at least 4 members (excludes halogenated alkanes) is 1. The standard InChI is InChI=1S/C18H32N2O/c1-6-11-12-14(7-2)13-20-16(9-4)18(17(21)10-5)15(8-3)19-20/h14H,6-13H2,1-5H3. The Hall–Kier alpha value is -1.12. The van der Waals surface area contributed by atoms with Crippen molar-refractivity contribution < 1.29 is 4.79 Å². The molecule has 0 aliphatic heterocycles. The highest BCUT2D eigenvalue weighted by molar-refractivity contribution is 5.98. The molecule has 0 fully saturated rings. The fourth-order valence-electron chi connectivity index (χ4n) is 2.97. The second kappa shape index (κ2) is 9.01. The Morgan fingerprint density at radius 3 is 2.33 bits per heavy atom. The fourth-order valence-corrected chi connectivity index (χ4v) is 2.97. The Morgan fingerprint density at radius 1 is 1.14 bits per heavy atom. The molecule has 1 rings (SSSR count). The first-order chi connectivity index (χ1) is 10.1. The molecule has 120 valence electrons. The van der Waals surface area contributed by atoms with Crippen LogP contribution in [0.3, 0.4) is 0 Å². The molecule has 1 aromatic heterocycles. The summed E-state index contributed by atoms with van der Waals surface area (Å²) in [5.74, 6) is 0.918. The molecule has 3 nitrogen and oxygen atoms in total. The SMILES string of the molecule is CCCCC(CC)Cn1nc(CC)c(C(=O)CC)c1CC. The number of nitrogens with zero attached hydrogens (tertiary/aromatic N) is 2. The van der Waals surface area contributed by atoms with Crippen molar-refractivity contribution in [2.45, 2.75) is 86.1 Å². The van der Waals surface area contributed by atoms with Crippen molar-refractivity contribution in [3.8, 4) is 0 Å². The molecule has 3 heteroatoms. The summed E-state index contributed by atoms with van der Waals surface area (Å²) in [4.78, 5) is 12.3. The van der Waals surface area contributed by atoms with Crippen molar-refractivity contribution in [2.24, 2.45) is 5.92 Å². The van der Waals surface area contributed by atoms with Gasteiger partial charge in [0.2, 0.25) is 0 Å². The monoisotopic (exact) mass is 292 g/mol. The Balaban J connectivity index is 3.06. The molecule has 21 heavy (non-hydrogen) atoms. The molecule has 1 aromatic rings. The normalized spacial score (nSPS) is 12.6. The van der Waals surface area contributed by atoms with Crippen LogP contribution in [-0.2, 0) is 19.4 Å². The largest absolute Gasteiger partial charge is 0.294 e. The van der Waals surface area contributed by atoms with Gasteiger partial charge in [-0.25, -0.2) is 0 Å². The number of aromatic nitrogens is 2. The van der Waals surface area contributed by atoms with Gasteiger partial charge >= 0.3 is 0 Å². The zero-order chi connectivity index (χ0) is 15.8. The summed E-state index contributed by atoms with van der Waals surface area (Å²) in [7, 11) is 0. The van der Waals surface area contributed by atoms with Gasteiger partial charge in [-0.05, 0) is 25.2 Å². The maximum absolute atomic E-state index is 12.3. The van der Waals surface area contributed by atoms with Crippen LogP contribution < -0.4 is 0 Å². The van der Waals surface area contributed by atoms with Crippen LogP contribution in [0.1, 0.15) is 88.5 Å². The van der Waals surface area contributed by atoms with Crippen molar-refractivity contribution in [3.05, 3.63) is 17.0 Å². The maximum Gasteiger partial charge on any atom is 0.166 e. The second-order valence-corrected chi connectivity index (χ2v) is 5.85. The molecule has 0 radical (unpaired) electrons. The molecule has 0 bridgehead atoms. The average molecular weight is 292 g/mol. The molecule has 1 heterocycles. The molecule has 0 N–H and O–H groups in total. The van der Waals surface area contributed by atoms with Gasteiger partial charge in [0.05, 0.1) is 11.3 Å². The van der Waals surface area contributed by atoms with Crippen LogP contribution in [0.25, 0.3) is 0 Å². The molecule has 0 saturated heterocycles. The highest BCUT2D eigenvalue weighted by Gasteiger charge is 2.21. The number of hydrogen-bond acceptors (Lipinski definition) is 2. The van der Waals surface area contributed by atoms with Gasteiger partial charge in [-0.1, -0.05) is 53.9 Å². The summed E-state index contributed by atoms with van der Waals surface area (Å²) in [5, 5.41) is 4.76. The van der Waals surface area contributed by atoms with E-state index in [0.29, 0.717) is 12.3 Å². The summed E-state index contributed by atoms with van der Waals surface area (Å²) in [6.45, 7) is 11.6. The van der Waals surface area contributed by atoms with Gasteiger partial charge < -0.3 is 0 Å². The highest BCUT2D eigenvalue weighted by atomic mass is 16.1. The average Bonchev–Trinajstić information content (AvgIpc) is 2.87. The lowest BCUT2D eigenvalue weighted by Gasteiger charge is -2.16. The minimum Gasteiger partial charge on any atom is -0.294 e. The van der Waals surface area contributed by atoms with Crippen LogP contribution in [0.15, 0.2) is 0 Å². The van der Waals surface area contributed by atoms with Crippen molar-refractivity contribution in [1.82, 2.24) is 9.78 Å². The number of aryl methyl sites for hydroxylation is 1. The first-order valence-corrected chi connectivity index (χ1v) is 8.74. The Kier molecular flexibility index (Phi) is 7.69. The predicted molar refractivity (Wildman–Crippen MR) is 88.9 cm³/mol. The summed E-state index contributed by atoms with van der Waals surface area (Å²) >= 11 is 0. The zero-order valence-corrected chi connectivity index (χ0v) is 14.5. The van der Waals surface area contributed by atoms with E-state index in [1.165, 1.54) is 25.7 Å². The second-order valence-electron chi connectivity index (χ2n) is 5.85. The summed E-state index contributed by atoms with van der Waals surface area (Å²) < 4.78 is 2.13. The van der Waals surface area contributed by atoms with Gasteiger partial charge in [0.25, 0.3) is 0 Å². The number of carbonyl (C=O) groups excluding carboxylic acids is 1. The van der Waals surface area contributed by atoms with E-state index in [-0.39, 0.29) is 5.78 Å². The Labute approximate surface area is 130 Å². The fraction of sp³-hybridized carbons (Fsp3) is 0.778. The molecular weight excluding hydrogens is 260 g/mol. The summed E-state index contributed by atoms with van der Waals surface area (Å²) in [6.07, 6.45) is 7.26. The highest BCUT2D eigenvalue weighted by Crippen LogP contribution is 2.22. The van der Waals surface area contributed by atoms with Crippen LogP contribution in [0.5, 0.6) is 0 Å². The predicted octanol–water partition coefficient (Wildman–Crippen LogP) is 4.82. The van der Waals surface area contributed by atoms with Gasteiger partial charge in [-0.2, -0.15) is 5.10 Å². The van der Waals surface area contributed by atoms with Crippen molar-refractivity contribution in [3.63, 3.8) is 0 Å². The first kappa shape index (κ1) is 17.9. The van der Waals surface area contributed by atoms with E-state index in [2.05, 4.69) is 32.4 Å². The van der Waals surface area contributed by atoms with Crippen molar-refractivity contribution >= 4 is 5.78 Å². The van der Waals surface area contributed by atoms with Crippen molar-refractivity contribution in [2.75, 3.05) is 0 Å². The molecular formula is C18H32N2O. The Bertz CT molecular complexity index is 448. The van der Waals surface area contributed by atoms with Crippen molar-refractivity contribution in [1.29, 1.82) is 0 Å². The van der Waals surface area contributed by atoms with E-state index in [9.17, 15) is 4.79 Å². The third kappa shape index (κ3) is 4.42. The summed E-state index contributed by atoms with van der Waals surface area (Å²) in [5.41, 5.74) is 3.05. The molecule has 1 unspecified atom stereocenters. The van der Waals surface area contributed by atoms with E-state index in [0.717, 1.165) is 36.3 Å². The van der Waals surface area contributed by atoms with Crippen LogP contribution in [-0.4, -0.2) is 15.6 Å². The van der Waals surface area contributed by atoms with Gasteiger partial charge in [0, 0.05) is 18.7 Å². The zero-order valence-electron chi connectivity index (χ0n) is 14.5. The van der Waals surface area contributed by atoms with Gasteiger partial charge in [0.1, 0.15) is 0 Å². The first-order valence-electron chi connectivity index (χ1n) is 8.74. The molecule has 0 aromatic carbocycles. The molecule has 1 atom stereocenters. The lowest BCUT2D eigenvalue weighted by atomic mass is 9.99. The maximum atomic E-state index is 12.3. The van der Waals surface area contributed by atoms with Crippen LogP contribution in [0.2, 0.25) is 0 Å². The number of carbonyl (C=O) groups is 1. The van der Waals surface area contributed by atoms with Gasteiger partial charge in [0.15, 0.2) is 5.78 Å². The number of ketones is 1. The van der Waals surface area contributed by atoms with E-state index in [4.69, 9.17) is 5.10 Å². The minimum atomic E-state index is 0.247. The third-order valence-corrected chi connectivity index (χ3v) is 4.37. The van der Waals surface area contributed by atoms with Crippen LogP contribution in [0.4, 0.5) is 0 Å². The summed E-state index contributed by atoms with van der Waals surface area (Å²) in [6, 6.07) is 0. The minimum absolute atomic E-state index is 0.247. The van der Waals surface area contributed by atoms with E-state index < -0.39 is 0 Å². The number of hydrogen-bond donors (Lipinski definition) is 0. The number of Topliss-reactive ketones (excluding diaryl/α,β-unsaturated/α-hetero) is 1. The van der Waals surface area contributed by atoms with E-state index >= 15 is 0 Å².